The van der Waals surface area contributed by atoms with Gasteiger partial charge in [-0.3, -0.25) is 4.57 Å². The third-order valence-corrected chi connectivity index (χ3v) is 1.43. The second kappa shape index (κ2) is 4.13. The van der Waals surface area contributed by atoms with E-state index in [0.717, 1.165) is 5.69 Å². The third-order valence-electron chi connectivity index (χ3n) is 1.09. The molecule has 0 heterocycles. The molecule has 11 heavy (non-hydrogen) atoms. The van der Waals surface area contributed by atoms with Crippen molar-refractivity contribution in [1.29, 1.82) is 0 Å². The molecule has 0 aliphatic rings. The molecule has 4 nitrogen and oxygen atoms in total. The first-order valence-electron chi connectivity index (χ1n) is 3.09. The predicted molar refractivity (Wildman–Crippen MR) is 44.4 cm³/mol. The zero-order valence-electron chi connectivity index (χ0n) is 5.74. The molecule has 0 aliphatic carbocycles. The fourth-order valence-corrected chi connectivity index (χ4v) is 0.898. The average Bonchev–Trinajstić information content (AvgIpc) is 2.03. The first kappa shape index (κ1) is 8.27. The smallest absolute Gasteiger partial charge is 0.272 e. The zero-order chi connectivity index (χ0) is 8.10. The van der Waals surface area contributed by atoms with Crippen LogP contribution in [-0.2, 0) is 4.57 Å². The molecule has 0 aromatic heterocycles. The Morgan fingerprint density at radius 3 is 2.45 bits per heavy atom. The van der Waals surface area contributed by atoms with Crippen LogP contribution in [0.15, 0.2) is 30.3 Å². The van der Waals surface area contributed by atoms with E-state index in [-0.39, 0.29) is 0 Å². The molecule has 0 amide bonds. The minimum atomic E-state index is -2.64. The highest BCUT2D eigenvalue weighted by atomic mass is 31.1. The first-order chi connectivity index (χ1) is 5.29. The Kier molecular flexibility index (Phi) is 3.11. The fraction of sp³-hybridized carbons (Fsp3) is 0. The van der Waals surface area contributed by atoms with E-state index in [4.69, 9.17) is 4.89 Å². The van der Waals surface area contributed by atoms with Crippen LogP contribution in [0.1, 0.15) is 0 Å². The molecular weight excluding hydrogens is 163 g/mol. The van der Waals surface area contributed by atoms with Crippen LogP contribution in [-0.4, -0.2) is 4.89 Å². The van der Waals surface area contributed by atoms with Crippen LogP contribution < -0.4 is 10.6 Å². The van der Waals surface area contributed by atoms with Gasteiger partial charge in [-0.15, -0.1) is 0 Å². The SMILES string of the molecule is O=[PH](O)NNc1ccccc1. The molecular formula is C6H9N2O2P. The van der Waals surface area contributed by atoms with Crippen LogP contribution in [0.3, 0.4) is 0 Å². The highest BCUT2D eigenvalue weighted by Crippen LogP contribution is 2.08. The molecule has 1 rings (SSSR count). The van der Waals surface area contributed by atoms with Gasteiger partial charge in [0.05, 0.1) is 0 Å². The maximum Gasteiger partial charge on any atom is 0.272 e. The van der Waals surface area contributed by atoms with Gasteiger partial charge < -0.3 is 10.3 Å². The molecule has 1 aromatic rings. The number of nitrogens with one attached hydrogen (secondary N) is 2. The summed E-state index contributed by atoms with van der Waals surface area (Å²) >= 11 is 0. The molecule has 0 bridgehead atoms. The van der Waals surface area contributed by atoms with Crippen LogP contribution in [0, 0.1) is 0 Å². The summed E-state index contributed by atoms with van der Waals surface area (Å²) in [6, 6.07) is 9.11. The Balaban J connectivity index is 2.45. The Labute approximate surface area is 65.1 Å². The van der Waals surface area contributed by atoms with E-state index in [1.807, 2.05) is 18.2 Å². The molecule has 0 fully saturated rings. The summed E-state index contributed by atoms with van der Waals surface area (Å²) < 4.78 is 10.2. The third kappa shape index (κ3) is 3.18. The maximum absolute atomic E-state index is 10.2. The number of para-hydroxylation sites is 1. The number of hydrogen-bond donors (Lipinski definition) is 3. The number of rotatable bonds is 3. The van der Waals surface area contributed by atoms with Crippen LogP contribution in [0.5, 0.6) is 0 Å². The van der Waals surface area contributed by atoms with E-state index >= 15 is 0 Å². The highest BCUT2D eigenvalue weighted by Gasteiger charge is 1.89. The first-order valence-corrected chi connectivity index (χ1v) is 4.44. The van der Waals surface area contributed by atoms with Gasteiger partial charge in [-0.05, 0) is 12.1 Å². The van der Waals surface area contributed by atoms with Gasteiger partial charge in [0.2, 0.25) is 0 Å². The average molecular weight is 172 g/mol. The van der Waals surface area contributed by atoms with Crippen molar-refractivity contribution < 1.29 is 9.46 Å². The molecule has 0 saturated carbocycles. The molecule has 1 aromatic carbocycles. The summed E-state index contributed by atoms with van der Waals surface area (Å²) in [5, 5.41) is 2.21. The Bertz CT molecular complexity index is 240. The quantitative estimate of drug-likeness (QED) is 0.470. The number of anilines is 1. The molecule has 0 radical (unpaired) electrons. The maximum atomic E-state index is 10.2. The fourth-order valence-electron chi connectivity index (χ4n) is 0.647. The minimum Gasteiger partial charge on any atom is -0.334 e. The van der Waals surface area contributed by atoms with Gasteiger partial charge in [-0.2, -0.15) is 5.20 Å². The van der Waals surface area contributed by atoms with E-state index in [0.29, 0.717) is 0 Å². The molecule has 5 heteroatoms. The van der Waals surface area contributed by atoms with Crippen molar-refractivity contribution in [3.8, 4) is 0 Å². The van der Waals surface area contributed by atoms with Crippen LogP contribution in [0.25, 0.3) is 0 Å². The van der Waals surface area contributed by atoms with E-state index in [1.54, 1.807) is 12.1 Å². The van der Waals surface area contributed by atoms with Gasteiger partial charge in [-0.25, -0.2) is 0 Å². The van der Waals surface area contributed by atoms with Crippen molar-refractivity contribution in [2.45, 2.75) is 0 Å². The summed E-state index contributed by atoms with van der Waals surface area (Å²) in [6.07, 6.45) is 0. The highest BCUT2D eigenvalue weighted by molar-refractivity contribution is 7.35. The molecule has 0 aliphatic heterocycles. The van der Waals surface area contributed by atoms with E-state index in [9.17, 15) is 4.57 Å². The number of hydrogen-bond acceptors (Lipinski definition) is 2. The summed E-state index contributed by atoms with van der Waals surface area (Å²) in [5.41, 5.74) is 3.34. The zero-order valence-corrected chi connectivity index (χ0v) is 6.74. The van der Waals surface area contributed by atoms with Crippen molar-refractivity contribution >= 4 is 13.9 Å². The standard InChI is InChI=1S/C6H9N2O2P/c9-11(10)8-7-6-4-2-1-3-5-6/h1-5,7,11H,(H2,8,9,10). The Morgan fingerprint density at radius 2 is 1.91 bits per heavy atom. The summed E-state index contributed by atoms with van der Waals surface area (Å²) in [7, 11) is -2.64. The largest absolute Gasteiger partial charge is 0.334 e. The van der Waals surface area contributed by atoms with Gasteiger partial charge in [0, 0.05) is 5.69 Å². The summed E-state index contributed by atoms with van der Waals surface area (Å²) in [6.45, 7) is 0. The summed E-state index contributed by atoms with van der Waals surface area (Å²) in [4.78, 5) is 8.39. The van der Waals surface area contributed by atoms with Gasteiger partial charge in [0.15, 0.2) is 0 Å². The van der Waals surface area contributed by atoms with Crippen molar-refractivity contribution in [3.05, 3.63) is 30.3 Å². The van der Waals surface area contributed by atoms with Gasteiger partial charge >= 0.3 is 0 Å². The topological polar surface area (TPSA) is 61.4 Å². The monoisotopic (exact) mass is 172 g/mol. The van der Waals surface area contributed by atoms with Crippen LogP contribution >= 0.6 is 8.18 Å². The van der Waals surface area contributed by atoms with Crippen molar-refractivity contribution in [2.24, 2.45) is 0 Å². The molecule has 1 unspecified atom stereocenters. The van der Waals surface area contributed by atoms with Crippen molar-refractivity contribution in [3.63, 3.8) is 0 Å². The van der Waals surface area contributed by atoms with Crippen LogP contribution in [0.2, 0.25) is 0 Å². The molecule has 0 saturated heterocycles. The lowest BCUT2D eigenvalue weighted by molar-refractivity contribution is 0.494. The Hall–Kier alpha value is -0.830. The Morgan fingerprint density at radius 1 is 1.27 bits per heavy atom. The molecule has 1 atom stereocenters. The second-order valence-corrected chi connectivity index (χ2v) is 2.78. The number of hydrazine groups is 1. The molecule has 0 spiro atoms. The number of benzene rings is 1. The van der Waals surface area contributed by atoms with Crippen molar-refractivity contribution in [1.82, 2.24) is 5.20 Å². The van der Waals surface area contributed by atoms with Crippen LogP contribution in [0.4, 0.5) is 5.69 Å². The minimum absolute atomic E-state index is 0.764. The molecule has 60 valence electrons. The van der Waals surface area contributed by atoms with Crippen molar-refractivity contribution in [2.75, 3.05) is 5.43 Å². The lowest BCUT2D eigenvalue weighted by Crippen LogP contribution is -2.11. The lowest BCUT2D eigenvalue weighted by Gasteiger charge is -2.03. The molecule has 3 N–H and O–H groups in total. The van der Waals surface area contributed by atoms with E-state index < -0.39 is 8.18 Å². The second-order valence-electron chi connectivity index (χ2n) is 1.92. The summed E-state index contributed by atoms with van der Waals surface area (Å²) in [5.74, 6) is 0. The van der Waals surface area contributed by atoms with E-state index in [1.165, 1.54) is 0 Å². The normalized spacial score (nSPS) is 12.5. The van der Waals surface area contributed by atoms with E-state index in [2.05, 4.69) is 10.6 Å². The van der Waals surface area contributed by atoms with Gasteiger partial charge in [-0.1, -0.05) is 18.2 Å². The van der Waals surface area contributed by atoms with Gasteiger partial charge in [0.1, 0.15) is 0 Å². The lowest BCUT2D eigenvalue weighted by atomic mass is 10.3. The predicted octanol–water partition coefficient (Wildman–Crippen LogP) is 0.985. The van der Waals surface area contributed by atoms with Gasteiger partial charge in [0.25, 0.3) is 8.18 Å².